The average molecular weight is 178 g/mol. The number of nitrogens with zero attached hydrogens (tertiary/aromatic N) is 2. The molecule has 0 radical (unpaired) electrons. The minimum absolute atomic E-state index is 0.0978. The van der Waals surface area contributed by atoms with Crippen LogP contribution in [0.2, 0.25) is 0 Å². The van der Waals surface area contributed by atoms with Crippen molar-refractivity contribution in [2.24, 2.45) is 5.41 Å². The summed E-state index contributed by atoms with van der Waals surface area (Å²) in [5.74, 6) is -0.0978. The molecule has 0 aliphatic heterocycles. The highest BCUT2D eigenvalue weighted by Crippen LogP contribution is 2.31. The van der Waals surface area contributed by atoms with Gasteiger partial charge in [0.2, 0.25) is 0 Å². The van der Waals surface area contributed by atoms with Crippen molar-refractivity contribution in [2.75, 3.05) is 0 Å². The molecule has 3 nitrogen and oxygen atoms in total. The first-order valence-corrected chi connectivity index (χ1v) is 4.23. The van der Waals surface area contributed by atoms with Crippen molar-refractivity contribution in [3.63, 3.8) is 0 Å². The second-order valence-electron chi connectivity index (χ2n) is 3.58. The van der Waals surface area contributed by atoms with E-state index in [0.717, 1.165) is 12.8 Å². The smallest absolute Gasteiger partial charge is 0.167 e. The Labute approximate surface area is 78.9 Å². The molecule has 3 heteroatoms. The van der Waals surface area contributed by atoms with Gasteiger partial charge in [-0.2, -0.15) is 10.5 Å². The van der Waals surface area contributed by atoms with Crippen LogP contribution in [0.15, 0.2) is 11.3 Å². The maximum absolute atomic E-state index is 9.60. The number of hydrogen-bond acceptors (Lipinski definition) is 3. The van der Waals surface area contributed by atoms with Gasteiger partial charge in [-0.15, -0.1) is 0 Å². The van der Waals surface area contributed by atoms with E-state index in [2.05, 4.69) is 0 Å². The summed E-state index contributed by atoms with van der Waals surface area (Å²) in [4.78, 5) is 0. The molecule has 0 saturated carbocycles. The van der Waals surface area contributed by atoms with E-state index in [-0.39, 0.29) is 11.3 Å². The van der Waals surface area contributed by atoms with Crippen LogP contribution in [-0.2, 0) is 0 Å². The van der Waals surface area contributed by atoms with Gasteiger partial charge in [-0.05, 0) is 6.42 Å². The van der Waals surface area contributed by atoms with Crippen molar-refractivity contribution in [1.82, 2.24) is 0 Å². The molecule has 0 aromatic heterocycles. The topological polar surface area (TPSA) is 67.8 Å². The fourth-order valence-corrected chi connectivity index (χ4v) is 1.21. The summed E-state index contributed by atoms with van der Waals surface area (Å²) in [6.45, 7) is 5.63. The Hall–Kier alpha value is -1.48. The molecule has 0 rings (SSSR count). The van der Waals surface area contributed by atoms with Gasteiger partial charge in [-0.3, -0.25) is 0 Å². The molecule has 0 atom stereocenters. The van der Waals surface area contributed by atoms with E-state index in [1.807, 2.05) is 20.8 Å². The van der Waals surface area contributed by atoms with Crippen molar-refractivity contribution in [3.05, 3.63) is 11.3 Å². The zero-order valence-corrected chi connectivity index (χ0v) is 8.26. The first kappa shape index (κ1) is 11.5. The Balaban J connectivity index is 4.98. The Morgan fingerprint density at radius 1 is 1.31 bits per heavy atom. The maximum Gasteiger partial charge on any atom is 0.167 e. The van der Waals surface area contributed by atoms with Gasteiger partial charge < -0.3 is 5.11 Å². The summed E-state index contributed by atoms with van der Waals surface area (Å²) in [5.41, 5.74) is -0.659. The largest absolute Gasteiger partial charge is 0.510 e. The summed E-state index contributed by atoms with van der Waals surface area (Å²) < 4.78 is 0. The van der Waals surface area contributed by atoms with Crippen LogP contribution in [0.25, 0.3) is 0 Å². The Kier molecular flexibility index (Phi) is 4.01. The van der Waals surface area contributed by atoms with Gasteiger partial charge in [-0.1, -0.05) is 27.2 Å². The van der Waals surface area contributed by atoms with Crippen molar-refractivity contribution in [1.29, 1.82) is 10.5 Å². The third-order valence-electron chi connectivity index (χ3n) is 1.98. The van der Waals surface area contributed by atoms with Crippen LogP contribution in [0.1, 0.15) is 33.6 Å². The second kappa shape index (κ2) is 4.52. The third-order valence-corrected chi connectivity index (χ3v) is 1.98. The van der Waals surface area contributed by atoms with E-state index in [9.17, 15) is 5.11 Å². The van der Waals surface area contributed by atoms with Crippen LogP contribution < -0.4 is 0 Å². The molecule has 0 bridgehead atoms. The molecule has 13 heavy (non-hydrogen) atoms. The summed E-state index contributed by atoms with van der Waals surface area (Å²) in [6, 6.07) is 3.37. The molecule has 0 unspecified atom stereocenters. The third kappa shape index (κ3) is 2.80. The van der Waals surface area contributed by atoms with E-state index in [4.69, 9.17) is 10.5 Å². The molecule has 0 amide bonds. The van der Waals surface area contributed by atoms with E-state index in [1.54, 1.807) is 12.1 Å². The van der Waals surface area contributed by atoms with Crippen molar-refractivity contribution >= 4 is 0 Å². The highest BCUT2D eigenvalue weighted by molar-refractivity contribution is 5.39. The van der Waals surface area contributed by atoms with Crippen LogP contribution in [0.3, 0.4) is 0 Å². The maximum atomic E-state index is 9.60. The zero-order valence-electron chi connectivity index (χ0n) is 8.26. The Bertz CT molecular complexity index is 273. The first-order valence-electron chi connectivity index (χ1n) is 4.23. The van der Waals surface area contributed by atoms with Crippen molar-refractivity contribution in [3.8, 4) is 12.1 Å². The van der Waals surface area contributed by atoms with Crippen molar-refractivity contribution in [2.45, 2.75) is 33.6 Å². The molecular formula is C10H14N2O. The standard InChI is InChI=1S/C10H14N2O/c1-4-5-10(2,3)9(13)8(6-11)7-12/h13H,4-5H2,1-3H3. The number of allylic oxidation sites excluding steroid dienone is 2. The molecule has 0 saturated heterocycles. The minimum Gasteiger partial charge on any atom is -0.510 e. The Morgan fingerprint density at radius 3 is 2.08 bits per heavy atom. The molecule has 1 N–H and O–H groups in total. The monoisotopic (exact) mass is 178 g/mol. The molecule has 0 heterocycles. The molecule has 0 aliphatic rings. The van der Waals surface area contributed by atoms with E-state index < -0.39 is 5.41 Å². The lowest BCUT2D eigenvalue weighted by atomic mass is 9.84. The van der Waals surface area contributed by atoms with Crippen LogP contribution in [0.4, 0.5) is 0 Å². The van der Waals surface area contributed by atoms with Crippen LogP contribution >= 0.6 is 0 Å². The quantitative estimate of drug-likeness (QED) is 0.533. The zero-order chi connectivity index (χ0) is 10.5. The number of aliphatic hydroxyl groups is 1. The van der Waals surface area contributed by atoms with Gasteiger partial charge in [0.15, 0.2) is 5.57 Å². The lowest BCUT2D eigenvalue weighted by Gasteiger charge is -2.22. The first-order chi connectivity index (χ1) is 5.99. The fourth-order valence-electron chi connectivity index (χ4n) is 1.21. The number of hydrogen-bond donors (Lipinski definition) is 1. The highest BCUT2D eigenvalue weighted by Gasteiger charge is 2.25. The highest BCUT2D eigenvalue weighted by atomic mass is 16.3. The number of nitriles is 2. The summed E-state index contributed by atoms with van der Waals surface area (Å²) in [5, 5.41) is 26.7. The number of aliphatic hydroxyl groups excluding tert-OH is 1. The van der Waals surface area contributed by atoms with Crippen LogP contribution in [0, 0.1) is 28.1 Å². The molecule has 0 aromatic carbocycles. The van der Waals surface area contributed by atoms with Gasteiger partial charge in [0.1, 0.15) is 17.9 Å². The predicted molar refractivity (Wildman–Crippen MR) is 49.6 cm³/mol. The van der Waals surface area contributed by atoms with E-state index in [0.29, 0.717) is 0 Å². The minimum atomic E-state index is -0.477. The van der Waals surface area contributed by atoms with E-state index in [1.165, 1.54) is 0 Å². The van der Waals surface area contributed by atoms with Crippen LogP contribution in [-0.4, -0.2) is 5.11 Å². The molecule has 70 valence electrons. The van der Waals surface area contributed by atoms with Gasteiger partial charge in [0, 0.05) is 5.41 Å². The molecule has 0 aliphatic carbocycles. The predicted octanol–water partition coefficient (Wildman–Crippen LogP) is 2.67. The molecule has 0 fully saturated rings. The lowest BCUT2D eigenvalue weighted by molar-refractivity contribution is 0.240. The fraction of sp³-hybridized carbons (Fsp3) is 0.600. The molecule has 0 aromatic rings. The van der Waals surface area contributed by atoms with Gasteiger partial charge in [-0.25, -0.2) is 0 Å². The Morgan fingerprint density at radius 2 is 1.77 bits per heavy atom. The van der Waals surface area contributed by atoms with Gasteiger partial charge >= 0.3 is 0 Å². The van der Waals surface area contributed by atoms with Crippen molar-refractivity contribution < 1.29 is 5.11 Å². The molecule has 0 spiro atoms. The van der Waals surface area contributed by atoms with E-state index >= 15 is 0 Å². The second-order valence-corrected chi connectivity index (χ2v) is 3.58. The average Bonchev–Trinajstić information content (AvgIpc) is 2.06. The SMILES string of the molecule is CCCC(C)(C)C(O)=C(C#N)C#N. The lowest BCUT2D eigenvalue weighted by Crippen LogP contribution is -2.15. The van der Waals surface area contributed by atoms with Gasteiger partial charge in [0.05, 0.1) is 0 Å². The normalized spacial score (nSPS) is 9.92. The number of rotatable bonds is 3. The van der Waals surface area contributed by atoms with Gasteiger partial charge in [0.25, 0.3) is 0 Å². The molecular weight excluding hydrogens is 164 g/mol. The summed E-state index contributed by atoms with van der Waals surface area (Å²) >= 11 is 0. The summed E-state index contributed by atoms with van der Waals surface area (Å²) in [6.07, 6.45) is 1.66. The summed E-state index contributed by atoms with van der Waals surface area (Å²) in [7, 11) is 0. The van der Waals surface area contributed by atoms with Crippen LogP contribution in [0.5, 0.6) is 0 Å².